The summed E-state index contributed by atoms with van der Waals surface area (Å²) in [6.07, 6.45) is 17.2. The second-order valence-electron chi connectivity index (χ2n) is 37.1. The quantitative estimate of drug-likeness (QED) is 0.0644. The molecule has 128 heavy (non-hydrogen) atoms. The number of fused-ring (bicyclic) bond motifs is 6. The van der Waals surface area contributed by atoms with Crippen molar-refractivity contribution in [2.24, 2.45) is 76.9 Å². The van der Waals surface area contributed by atoms with Crippen LogP contribution in [0.3, 0.4) is 0 Å². The minimum atomic E-state index is -2.50. The molecule has 29 atom stereocenters. The van der Waals surface area contributed by atoms with Gasteiger partial charge in [-0.15, -0.1) is 6.58 Å². The molecule has 6 fully saturated rings. The Morgan fingerprint density at radius 1 is 0.609 bits per heavy atom. The monoisotopic (exact) mass is 1860 g/mol. The largest absolute Gasteiger partial charge is 1.00 e. The second kappa shape index (κ2) is 60.7. The molecule has 2 aliphatic carbocycles. The van der Waals surface area contributed by atoms with E-state index < -0.39 is 161 Å². The van der Waals surface area contributed by atoms with E-state index in [1.165, 1.54) is 30.1 Å². The van der Waals surface area contributed by atoms with Crippen molar-refractivity contribution in [1.82, 2.24) is 9.80 Å². The molecule has 4 radical (unpaired) electrons. The average molecular weight is 1860 g/mol. The number of cyclic esters (lactones) is 2. The number of aliphatic hydroxyl groups excluding tert-OH is 5. The van der Waals surface area contributed by atoms with Gasteiger partial charge in [0, 0.05) is 106 Å². The summed E-state index contributed by atoms with van der Waals surface area (Å²) in [5.74, 6) is -15.6. The van der Waals surface area contributed by atoms with Crippen LogP contribution in [-0.4, -0.2) is 249 Å². The number of hydrogen-bond donors (Lipinski definition) is 7. The Bertz CT molecular complexity index is 3700. The first-order valence-electron chi connectivity index (χ1n) is 46.4. The van der Waals surface area contributed by atoms with E-state index in [1.54, 1.807) is 54.7 Å². The Balaban J connectivity index is 0. The number of rotatable bonds is 10. The van der Waals surface area contributed by atoms with Gasteiger partial charge in [-0.1, -0.05) is 151 Å². The third kappa shape index (κ3) is 35.0. The van der Waals surface area contributed by atoms with Crippen LogP contribution < -0.4 is 112 Å². The number of esters is 2. The number of amides is 2. The predicted molar refractivity (Wildman–Crippen MR) is 482 cm³/mol. The first kappa shape index (κ1) is 123. The molecule has 6 heterocycles. The van der Waals surface area contributed by atoms with Crippen molar-refractivity contribution in [1.29, 1.82) is 2.67 Å². The maximum Gasteiger partial charge on any atom is 1.00 e. The molecule has 0 aromatic carbocycles. The molecule has 716 valence electrons. The van der Waals surface area contributed by atoms with E-state index >= 15 is 0 Å². The number of nitrogens with zero attached hydrogens (tertiary/aromatic N) is 2. The maximum absolute atomic E-state index is 14.3. The van der Waals surface area contributed by atoms with Gasteiger partial charge in [0.2, 0.25) is 11.6 Å². The van der Waals surface area contributed by atoms with Crippen LogP contribution in [-0.2, 0) is 76.3 Å². The normalized spacial score (nSPS) is 38.0. The smallest absolute Gasteiger partial charge is 1.00 e. The number of hydrogen-bond acceptors (Lipinski definition) is 23. The van der Waals surface area contributed by atoms with Crippen molar-refractivity contribution in [3.8, 4) is 0 Å². The van der Waals surface area contributed by atoms with E-state index in [1.807, 2.05) is 112 Å². The van der Waals surface area contributed by atoms with Crippen LogP contribution >= 0.6 is 0 Å². The Kier molecular flexibility index (Phi) is 58.4. The van der Waals surface area contributed by atoms with Gasteiger partial charge in [0.25, 0.3) is 23.4 Å². The molecule has 0 unspecified atom stereocenters. The minimum absolute atomic E-state index is 0. The SMILES string of the molecule is C.C=CC[C@@H]1/C=C(/C)C[C@H](C)C[C@H](OC)[C@H]2O[C@@](O)(C(=O)C(=O)N3CCCC[C@H]3C(=O)O[C@H](/C(C)=C/[C@H]3CC[C@@H](O)[C@H](C)C3)[C@H](C)[C@@H](O)CC1=O)[C@H](C)C[C@@H]2OC.CC.CO[C@H]1C[C@@H]2CC[C@@H](C)[C@@](O)(O2)C(=O)C(=O)N2CCCC[C@H]2C(=O)O[C@H]([C@H](C)C[C@H]2CC[C@@H](O)[C@H](C)C2)CC(=O)[C@H](C)/C=C(\C)[C@@H](O)[C@@H](O)C(=O)[C@H](C)C[C@H](C)/C=C/C=CC=C1C.[2H][B].[2H][B].[F-].[F-].[K+].[K+]. The minimum Gasteiger partial charge on any atom is -1.00 e. The van der Waals surface area contributed by atoms with Gasteiger partial charge in [-0.2, -0.15) is 0 Å². The average Bonchev–Trinajstić information content (AvgIpc) is 0.797. The zero-order chi connectivity index (χ0) is 94.2. The van der Waals surface area contributed by atoms with Crippen LogP contribution in [0.1, 0.15) is 266 Å². The molecule has 7 N–H and O–H groups in total. The van der Waals surface area contributed by atoms with Gasteiger partial charge in [-0.25, -0.2) is 9.59 Å². The molecular weight excluding hydrogens is 1700 g/mol. The third-order valence-electron chi connectivity index (χ3n) is 27.3. The molecule has 25 nitrogen and oxygen atoms in total. The summed E-state index contributed by atoms with van der Waals surface area (Å²) < 4.78 is 52.9. The molecule has 6 aliphatic heterocycles. The van der Waals surface area contributed by atoms with E-state index in [-0.39, 0.29) is 236 Å². The Morgan fingerprint density at radius 2 is 1.16 bits per heavy atom. The number of carbonyl (C=O) groups is 9. The van der Waals surface area contributed by atoms with Crippen molar-refractivity contribution < 1.29 is 224 Å². The maximum atomic E-state index is 14.3. The van der Waals surface area contributed by atoms with Crippen LogP contribution in [0.15, 0.2) is 83.6 Å². The first-order valence-corrected chi connectivity index (χ1v) is 45.3. The zero-order valence-electron chi connectivity index (χ0n) is 82.1. The van der Waals surface area contributed by atoms with Gasteiger partial charge in [0.05, 0.1) is 42.7 Å². The van der Waals surface area contributed by atoms with Gasteiger partial charge in [0.1, 0.15) is 54.2 Å². The van der Waals surface area contributed by atoms with Gasteiger partial charge in [-0.05, 0) is 217 Å². The molecule has 2 saturated carbocycles. The summed E-state index contributed by atoms with van der Waals surface area (Å²) in [5.41, 5.74) is 2.79. The molecule has 8 rings (SSSR count). The van der Waals surface area contributed by atoms with Crippen LogP contribution in [0.25, 0.3) is 0 Å². The molecule has 4 bridgehead atoms. The van der Waals surface area contributed by atoms with Crippen LogP contribution in [0, 0.1) is 76.9 Å². The number of halogens is 2. The summed E-state index contributed by atoms with van der Waals surface area (Å²) in [4.78, 5) is 129. The van der Waals surface area contributed by atoms with E-state index in [4.69, 9.17) is 35.8 Å². The molecule has 0 aromatic heterocycles. The molecule has 4 saturated heterocycles. The van der Waals surface area contributed by atoms with Crippen LogP contribution in [0.5, 0.6) is 0 Å². The summed E-state index contributed by atoms with van der Waals surface area (Å²) >= 11 is 0. The molecule has 0 spiro atoms. The van der Waals surface area contributed by atoms with E-state index in [2.05, 4.69) is 23.3 Å². The standard InChI is InChI=1S/C50H77NO12.C44H69NO11.C2H6.CH4.2BH.2FH.2K/c1-29-15-11-10-12-16-30(2)42(61-9)27-38-20-18-36(8)50(60,63-38)47(57)48(58)51-22-14-13-17-39(51)49(59)62-43(33(5)26-37-19-21-40(52)32(4)25-37)28-41(53)31(3)24-35(7)45(55)46(56)44(54)34(6)23-29;1-10-13-32-19-25(2)18-26(3)20-37(53-8)40-38(54-9)23-29(6)44(52,56-40)41(49)42(50)45-17-12-11-14-33(45)43(51)55-39(30(7)35(47)24-36(32)48)28(5)22-31-15-16-34(46)27(4)21-31;1-2;;;;;;;/h10-12,15-16,24,29,31-34,36-40,42-43,45-46,52,55-56,60H,13-14,17-23,25-28H2,1-9H3;10,19,22,26-27,29-35,37-40,46-47,52H,1,11-18,20-21,23-24H2,2-9H3;1-2H3;1H4;4*1H;;/q;;;;;;;;2*+1/p-2/b12-10?,15-11+,30-16?,35-24+;25-19-,28-22+;;;;;;;;/t29-,31-,32-,33-,34-,36-,37+,38+,39+,40-,42+,43+,45-,46+,50-;26-,27+,29+,30+,31-,32+,33-,34+,35-,37-,38-,39+,40+,44+;;;;;;;;/m10......../s1/i;;;;2*1D;;;;. The Hall–Kier alpha value is -2.81. The van der Waals surface area contributed by atoms with Crippen molar-refractivity contribution in [3.63, 3.8) is 0 Å². The topological polar surface area (TPSA) is 366 Å². The number of aliphatic hydroxyl groups is 7. The number of ether oxygens (including phenoxy) is 7. The van der Waals surface area contributed by atoms with E-state index in [0.29, 0.717) is 95.5 Å². The second-order valence-corrected chi connectivity index (χ2v) is 37.1. The zero-order valence-corrected chi connectivity index (χ0v) is 86.4. The van der Waals surface area contributed by atoms with Crippen molar-refractivity contribution >= 4 is 69.4 Å². The number of ketones is 5. The molecule has 31 heteroatoms. The Labute approximate surface area is 855 Å². The number of carbonyl (C=O) groups excluding carboxylic acids is 9. The summed E-state index contributed by atoms with van der Waals surface area (Å²) in [6, 6.07) is -2.25. The fraction of sp³-hybridized carbons (Fsp3) is 0.763. The summed E-state index contributed by atoms with van der Waals surface area (Å²) in [7, 11) is 12.1. The predicted octanol–water partition coefficient (Wildman–Crippen LogP) is -0.211. The first-order chi connectivity index (χ1) is 59.1. The van der Waals surface area contributed by atoms with Gasteiger partial charge >= 0.3 is 115 Å². The number of methoxy groups -OCH3 is 3. The molecule has 2 amide bonds. The van der Waals surface area contributed by atoms with Crippen molar-refractivity contribution in [2.75, 3.05) is 34.4 Å². The number of piperidine rings is 2. The Morgan fingerprint density at radius 3 is 1.70 bits per heavy atom. The van der Waals surface area contributed by atoms with Crippen LogP contribution in [0.4, 0.5) is 0 Å². The fourth-order valence-corrected chi connectivity index (χ4v) is 19.4. The van der Waals surface area contributed by atoms with Crippen molar-refractivity contribution in [3.05, 3.63) is 83.6 Å². The summed E-state index contributed by atoms with van der Waals surface area (Å²) in [6.45, 7) is 33.7. The van der Waals surface area contributed by atoms with Gasteiger partial charge in [-0.3, -0.25) is 33.6 Å². The third-order valence-corrected chi connectivity index (χ3v) is 27.3. The number of allylic oxidation sites excluding steroid dienone is 10. The van der Waals surface area contributed by atoms with Gasteiger partial charge in [0.15, 0.2) is 5.78 Å². The fourth-order valence-electron chi connectivity index (χ4n) is 19.4. The van der Waals surface area contributed by atoms with Crippen LogP contribution in [0.2, 0.25) is 0 Å². The molecule has 0 aromatic rings. The van der Waals surface area contributed by atoms with Crippen molar-refractivity contribution in [2.45, 2.75) is 363 Å². The van der Waals surface area contributed by atoms with E-state index in [0.717, 1.165) is 36.8 Å². The molecule has 8 aliphatic rings. The van der Waals surface area contributed by atoms with E-state index in [9.17, 15) is 78.9 Å². The summed E-state index contributed by atoms with van der Waals surface area (Å²) in [5, 5.41) is 78.4. The van der Waals surface area contributed by atoms with Gasteiger partial charge < -0.3 is 88.1 Å². The molecular formula is C97H158B2F2K2N2O23. The number of Topliss-reactive ketones (excluding diaryl/α,β-unsaturated/α-hetero) is 5.